The fourth-order valence-corrected chi connectivity index (χ4v) is 1.76. The van der Waals surface area contributed by atoms with Crippen LogP contribution in [-0.2, 0) is 6.54 Å². The third-order valence-electron chi connectivity index (χ3n) is 2.74. The van der Waals surface area contributed by atoms with Crippen molar-refractivity contribution in [1.29, 1.82) is 0 Å². The van der Waals surface area contributed by atoms with E-state index < -0.39 is 0 Å². The summed E-state index contributed by atoms with van der Waals surface area (Å²) in [5.74, 6) is -0.164. The zero-order chi connectivity index (χ0) is 10.1. The van der Waals surface area contributed by atoms with Crippen molar-refractivity contribution in [2.45, 2.75) is 25.4 Å². The molecule has 2 N–H and O–H groups in total. The third kappa shape index (κ3) is 1.60. The fraction of sp³-hybridized carbons (Fsp3) is 0.455. The lowest BCUT2D eigenvalue weighted by atomic mass is 10.1. The van der Waals surface area contributed by atoms with E-state index >= 15 is 0 Å². The van der Waals surface area contributed by atoms with Gasteiger partial charge in [0.05, 0.1) is 5.69 Å². The molecule has 76 valence electrons. The van der Waals surface area contributed by atoms with Crippen LogP contribution in [0.1, 0.15) is 18.4 Å². The van der Waals surface area contributed by atoms with Crippen LogP contribution in [0.3, 0.4) is 0 Å². The lowest BCUT2D eigenvalue weighted by molar-refractivity contribution is 0.619. The molecular formula is C11H15FN2. The van der Waals surface area contributed by atoms with Gasteiger partial charge in [-0.1, -0.05) is 12.1 Å². The topological polar surface area (TPSA) is 29.3 Å². The molecule has 3 heteroatoms. The van der Waals surface area contributed by atoms with Crippen molar-refractivity contribution in [1.82, 2.24) is 0 Å². The molecule has 0 aromatic heterocycles. The van der Waals surface area contributed by atoms with Gasteiger partial charge in [0.2, 0.25) is 0 Å². The Hall–Kier alpha value is -1.09. The molecule has 1 aromatic rings. The summed E-state index contributed by atoms with van der Waals surface area (Å²) in [5.41, 5.74) is 7.15. The zero-order valence-corrected chi connectivity index (χ0v) is 8.33. The monoisotopic (exact) mass is 194 g/mol. The molecule has 0 unspecified atom stereocenters. The van der Waals surface area contributed by atoms with Gasteiger partial charge in [-0.25, -0.2) is 4.39 Å². The van der Waals surface area contributed by atoms with E-state index in [1.54, 1.807) is 6.07 Å². The highest BCUT2D eigenvalue weighted by molar-refractivity contribution is 5.55. The second kappa shape index (κ2) is 3.58. The van der Waals surface area contributed by atoms with E-state index in [0.717, 1.165) is 18.4 Å². The number of halogens is 1. The summed E-state index contributed by atoms with van der Waals surface area (Å²) in [6, 6.07) is 5.60. The first kappa shape index (κ1) is 9.46. The maximum absolute atomic E-state index is 13.6. The van der Waals surface area contributed by atoms with E-state index in [4.69, 9.17) is 5.73 Å². The summed E-state index contributed by atoms with van der Waals surface area (Å²) < 4.78 is 13.6. The molecule has 14 heavy (non-hydrogen) atoms. The number of rotatable bonds is 3. The highest BCUT2D eigenvalue weighted by atomic mass is 19.1. The number of nitrogens with zero attached hydrogens (tertiary/aromatic N) is 1. The van der Waals surface area contributed by atoms with E-state index in [1.165, 1.54) is 6.07 Å². The van der Waals surface area contributed by atoms with Crippen LogP contribution in [0.15, 0.2) is 18.2 Å². The largest absolute Gasteiger partial charge is 0.369 e. The van der Waals surface area contributed by atoms with Crippen LogP contribution >= 0.6 is 0 Å². The lowest BCUT2D eigenvalue weighted by Gasteiger charge is -2.22. The van der Waals surface area contributed by atoms with E-state index in [-0.39, 0.29) is 5.82 Å². The molecule has 0 atom stereocenters. The van der Waals surface area contributed by atoms with E-state index in [1.807, 2.05) is 18.0 Å². The molecule has 0 amide bonds. The Labute approximate surface area is 83.5 Å². The minimum absolute atomic E-state index is 0.164. The van der Waals surface area contributed by atoms with E-state index in [9.17, 15) is 4.39 Å². The molecule has 0 bridgehead atoms. The molecule has 1 fully saturated rings. The van der Waals surface area contributed by atoms with Crippen molar-refractivity contribution in [3.63, 3.8) is 0 Å². The minimum Gasteiger partial charge on any atom is -0.369 e. The second-order valence-corrected chi connectivity index (χ2v) is 3.79. The van der Waals surface area contributed by atoms with Crippen LogP contribution < -0.4 is 10.6 Å². The van der Waals surface area contributed by atoms with Crippen LogP contribution in [-0.4, -0.2) is 13.1 Å². The smallest absolute Gasteiger partial charge is 0.146 e. The van der Waals surface area contributed by atoms with Crippen LogP contribution in [0.4, 0.5) is 10.1 Å². The molecule has 1 saturated carbocycles. The maximum atomic E-state index is 13.6. The molecule has 2 rings (SSSR count). The SMILES string of the molecule is CN(c1c(F)cccc1CN)C1CC1. The quantitative estimate of drug-likeness (QED) is 0.796. The molecule has 0 spiro atoms. The fourth-order valence-electron chi connectivity index (χ4n) is 1.76. The van der Waals surface area contributed by atoms with Gasteiger partial charge < -0.3 is 10.6 Å². The third-order valence-corrected chi connectivity index (χ3v) is 2.74. The Bertz CT molecular complexity index is 334. The molecular weight excluding hydrogens is 179 g/mol. The number of nitrogens with two attached hydrogens (primary N) is 1. The van der Waals surface area contributed by atoms with Crippen molar-refractivity contribution in [3.8, 4) is 0 Å². The van der Waals surface area contributed by atoms with Crippen molar-refractivity contribution >= 4 is 5.69 Å². The van der Waals surface area contributed by atoms with Gasteiger partial charge in [-0.2, -0.15) is 0 Å². The van der Waals surface area contributed by atoms with Crippen LogP contribution in [0.2, 0.25) is 0 Å². The normalized spacial score (nSPS) is 15.6. The highest BCUT2D eigenvalue weighted by Gasteiger charge is 2.28. The highest BCUT2D eigenvalue weighted by Crippen LogP contribution is 2.33. The molecule has 1 aromatic carbocycles. The Morgan fingerprint density at radius 2 is 2.21 bits per heavy atom. The van der Waals surface area contributed by atoms with Gasteiger partial charge in [-0.3, -0.25) is 0 Å². The van der Waals surface area contributed by atoms with Gasteiger partial charge >= 0.3 is 0 Å². The van der Waals surface area contributed by atoms with Gasteiger partial charge in [0.1, 0.15) is 5.82 Å². The van der Waals surface area contributed by atoms with E-state index in [0.29, 0.717) is 18.3 Å². The van der Waals surface area contributed by atoms with E-state index in [2.05, 4.69) is 0 Å². The maximum Gasteiger partial charge on any atom is 0.146 e. The molecule has 0 aliphatic heterocycles. The summed E-state index contributed by atoms with van der Waals surface area (Å²) >= 11 is 0. The number of anilines is 1. The minimum atomic E-state index is -0.164. The molecule has 1 aliphatic rings. The summed E-state index contributed by atoms with van der Waals surface area (Å²) in [7, 11) is 1.94. The molecule has 0 radical (unpaired) electrons. The molecule has 1 aliphatic carbocycles. The van der Waals surface area contributed by atoms with Crippen LogP contribution in [0.5, 0.6) is 0 Å². The van der Waals surface area contributed by atoms with Gasteiger partial charge in [0.15, 0.2) is 0 Å². The standard InChI is InChI=1S/C11H15FN2/c1-14(9-5-6-9)11-8(7-13)3-2-4-10(11)12/h2-4,9H,5-7,13H2,1H3. The Morgan fingerprint density at radius 3 is 2.79 bits per heavy atom. The number of hydrogen-bond acceptors (Lipinski definition) is 2. The Morgan fingerprint density at radius 1 is 1.50 bits per heavy atom. The Balaban J connectivity index is 2.37. The first-order valence-corrected chi connectivity index (χ1v) is 4.94. The number of hydrogen-bond donors (Lipinski definition) is 1. The molecule has 2 nitrogen and oxygen atoms in total. The Kier molecular flexibility index (Phi) is 2.42. The first-order valence-electron chi connectivity index (χ1n) is 4.94. The van der Waals surface area contributed by atoms with Crippen molar-refractivity contribution in [3.05, 3.63) is 29.6 Å². The lowest BCUT2D eigenvalue weighted by Crippen LogP contribution is -2.23. The predicted octanol–water partition coefficient (Wildman–Crippen LogP) is 1.88. The van der Waals surface area contributed by atoms with Crippen LogP contribution in [0, 0.1) is 5.82 Å². The predicted molar refractivity (Wildman–Crippen MR) is 55.7 cm³/mol. The number of para-hydroxylation sites is 1. The van der Waals surface area contributed by atoms with Crippen molar-refractivity contribution < 1.29 is 4.39 Å². The second-order valence-electron chi connectivity index (χ2n) is 3.79. The molecule has 0 heterocycles. The average Bonchev–Trinajstić information content (AvgIpc) is 2.99. The zero-order valence-electron chi connectivity index (χ0n) is 8.33. The van der Waals surface area contributed by atoms with Crippen molar-refractivity contribution in [2.24, 2.45) is 5.73 Å². The van der Waals surface area contributed by atoms with Crippen molar-refractivity contribution in [2.75, 3.05) is 11.9 Å². The summed E-state index contributed by atoms with van der Waals surface area (Å²) in [5, 5.41) is 0. The first-order chi connectivity index (χ1) is 6.74. The summed E-state index contributed by atoms with van der Waals surface area (Å²) in [6.45, 7) is 0.393. The van der Waals surface area contributed by atoms with Gasteiger partial charge in [0, 0.05) is 19.6 Å². The van der Waals surface area contributed by atoms with Gasteiger partial charge in [0.25, 0.3) is 0 Å². The summed E-state index contributed by atoms with van der Waals surface area (Å²) in [4.78, 5) is 2.01. The summed E-state index contributed by atoms with van der Waals surface area (Å²) in [6.07, 6.45) is 2.32. The van der Waals surface area contributed by atoms with Gasteiger partial charge in [-0.05, 0) is 24.5 Å². The van der Waals surface area contributed by atoms with Gasteiger partial charge in [-0.15, -0.1) is 0 Å². The molecule has 0 saturated heterocycles. The van der Waals surface area contributed by atoms with Crippen LogP contribution in [0.25, 0.3) is 0 Å². The average molecular weight is 194 g/mol. The number of benzene rings is 1.